The largest absolute Gasteiger partial charge is 0.631 e. The van der Waals surface area contributed by atoms with E-state index < -0.39 is 7.32 Å². The number of anilines is 2. The average molecular weight is 300 g/mol. The average Bonchev–Trinajstić information content (AvgIpc) is 2.46. The SMILES string of the molecule is Nc1ccc(N)c2c1C(=O)c1ccccc1C2=O.OB(O)O. The van der Waals surface area contributed by atoms with Crippen LogP contribution in [-0.2, 0) is 0 Å². The number of hydrogen-bond acceptors (Lipinski definition) is 7. The highest BCUT2D eigenvalue weighted by Crippen LogP contribution is 2.33. The molecule has 8 heteroatoms. The van der Waals surface area contributed by atoms with Gasteiger partial charge in [-0.05, 0) is 12.1 Å². The summed E-state index contributed by atoms with van der Waals surface area (Å²) in [5.74, 6) is -0.491. The number of fused-ring (bicyclic) bond motifs is 2. The van der Waals surface area contributed by atoms with E-state index in [-0.39, 0.29) is 34.1 Å². The first kappa shape index (κ1) is 15.7. The van der Waals surface area contributed by atoms with Gasteiger partial charge in [-0.15, -0.1) is 0 Å². The molecule has 112 valence electrons. The third-order valence-electron chi connectivity index (χ3n) is 3.14. The molecule has 3 rings (SSSR count). The second-order valence-electron chi connectivity index (χ2n) is 4.54. The molecule has 0 spiro atoms. The third-order valence-corrected chi connectivity index (χ3v) is 3.14. The molecule has 22 heavy (non-hydrogen) atoms. The fourth-order valence-electron chi connectivity index (χ4n) is 2.27. The van der Waals surface area contributed by atoms with E-state index in [9.17, 15) is 9.59 Å². The van der Waals surface area contributed by atoms with Crippen LogP contribution < -0.4 is 11.5 Å². The Hall–Kier alpha value is -2.68. The lowest BCUT2D eigenvalue weighted by molar-refractivity contribution is 0.0980. The number of benzene rings is 2. The second kappa shape index (κ2) is 5.98. The topological polar surface area (TPSA) is 147 Å². The van der Waals surface area contributed by atoms with Crippen molar-refractivity contribution in [1.82, 2.24) is 0 Å². The number of hydrogen-bond donors (Lipinski definition) is 5. The second-order valence-corrected chi connectivity index (χ2v) is 4.54. The predicted octanol–water partition coefficient (Wildman–Crippen LogP) is -0.425. The Bertz CT molecular complexity index is 698. The zero-order valence-electron chi connectivity index (χ0n) is 11.4. The van der Waals surface area contributed by atoms with Crippen LogP contribution in [0.25, 0.3) is 0 Å². The molecule has 0 aromatic heterocycles. The van der Waals surface area contributed by atoms with Gasteiger partial charge < -0.3 is 26.5 Å². The van der Waals surface area contributed by atoms with Crippen LogP contribution in [0.2, 0.25) is 0 Å². The summed E-state index contributed by atoms with van der Waals surface area (Å²) in [4.78, 5) is 24.7. The molecule has 0 atom stereocenters. The van der Waals surface area contributed by atoms with E-state index in [1.165, 1.54) is 0 Å². The number of ketones is 2. The molecule has 0 fully saturated rings. The lowest BCUT2D eigenvalue weighted by Crippen LogP contribution is -2.23. The van der Waals surface area contributed by atoms with Crippen LogP contribution >= 0.6 is 0 Å². The number of rotatable bonds is 0. The molecule has 0 heterocycles. The van der Waals surface area contributed by atoms with Crippen molar-refractivity contribution in [3.05, 3.63) is 58.7 Å². The highest BCUT2D eigenvalue weighted by Gasteiger charge is 2.32. The van der Waals surface area contributed by atoms with Gasteiger partial charge in [0.2, 0.25) is 0 Å². The van der Waals surface area contributed by atoms with E-state index >= 15 is 0 Å². The number of nitrogens with two attached hydrogens (primary N) is 2. The zero-order valence-corrected chi connectivity index (χ0v) is 11.4. The minimum absolute atomic E-state index is 0.221. The van der Waals surface area contributed by atoms with E-state index in [1.54, 1.807) is 36.4 Å². The molecule has 0 saturated heterocycles. The van der Waals surface area contributed by atoms with E-state index in [2.05, 4.69) is 0 Å². The smallest absolute Gasteiger partial charge is 0.402 e. The summed E-state index contributed by atoms with van der Waals surface area (Å²) in [7, 11) is -2.17. The van der Waals surface area contributed by atoms with Crippen LogP contribution in [0.5, 0.6) is 0 Å². The van der Waals surface area contributed by atoms with Crippen molar-refractivity contribution in [2.75, 3.05) is 11.5 Å². The molecule has 0 bridgehead atoms. The molecule has 7 N–H and O–H groups in total. The molecule has 0 saturated carbocycles. The maximum absolute atomic E-state index is 12.3. The summed E-state index contributed by atoms with van der Waals surface area (Å²) in [6.45, 7) is 0. The van der Waals surface area contributed by atoms with Crippen molar-refractivity contribution in [1.29, 1.82) is 0 Å². The van der Waals surface area contributed by atoms with Gasteiger partial charge in [-0.25, -0.2) is 0 Å². The fraction of sp³-hybridized carbons (Fsp3) is 0. The van der Waals surface area contributed by atoms with Crippen LogP contribution in [0, 0.1) is 0 Å². The lowest BCUT2D eigenvalue weighted by atomic mass is 9.82. The summed E-state index contributed by atoms with van der Waals surface area (Å²) in [6.07, 6.45) is 0. The van der Waals surface area contributed by atoms with Gasteiger partial charge in [0.25, 0.3) is 0 Å². The molecule has 1 aliphatic carbocycles. The summed E-state index contributed by atoms with van der Waals surface area (Å²) in [5, 5.41) is 21.5. The van der Waals surface area contributed by atoms with Gasteiger partial charge in [0, 0.05) is 22.5 Å². The molecule has 0 aliphatic heterocycles. The number of carbonyl (C=O) groups excluding carboxylic acids is 2. The first-order valence-electron chi connectivity index (χ1n) is 6.25. The highest BCUT2D eigenvalue weighted by atomic mass is 16.5. The Morgan fingerprint density at radius 2 is 1.05 bits per heavy atom. The first-order valence-corrected chi connectivity index (χ1v) is 6.25. The Morgan fingerprint density at radius 3 is 1.36 bits per heavy atom. The Kier molecular flexibility index (Phi) is 4.27. The van der Waals surface area contributed by atoms with E-state index in [0.717, 1.165) is 0 Å². The van der Waals surface area contributed by atoms with Crippen molar-refractivity contribution in [2.24, 2.45) is 0 Å². The fourth-order valence-corrected chi connectivity index (χ4v) is 2.27. The minimum atomic E-state index is -2.17. The van der Waals surface area contributed by atoms with Gasteiger partial charge in [-0.1, -0.05) is 24.3 Å². The first-order chi connectivity index (χ1) is 10.3. The van der Waals surface area contributed by atoms with Gasteiger partial charge in [0.1, 0.15) is 0 Å². The van der Waals surface area contributed by atoms with Crippen molar-refractivity contribution < 1.29 is 24.7 Å². The van der Waals surface area contributed by atoms with Crippen LogP contribution in [-0.4, -0.2) is 34.0 Å². The molecular formula is C14H13BN2O5. The van der Waals surface area contributed by atoms with E-state index in [4.69, 9.17) is 26.5 Å². The van der Waals surface area contributed by atoms with Crippen LogP contribution in [0.1, 0.15) is 31.8 Å². The standard InChI is InChI=1S/C14H10N2O2.BH3O3/c15-9-5-6-10(16)12-11(9)13(17)7-3-1-2-4-8(7)14(12)18;2-1(3)4/h1-6H,15-16H2;2-4H. The van der Waals surface area contributed by atoms with Gasteiger partial charge in [-0.3, -0.25) is 9.59 Å². The zero-order chi connectivity index (χ0) is 16.4. The molecule has 0 amide bonds. The highest BCUT2D eigenvalue weighted by molar-refractivity contribution is 6.31. The van der Waals surface area contributed by atoms with Crippen LogP contribution in [0.15, 0.2) is 36.4 Å². The molecule has 2 aromatic carbocycles. The van der Waals surface area contributed by atoms with Gasteiger partial charge in [0.05, 0.1) is 11.1 Å². The maximum atomic E-state index is 12.3. The van der Waals surface area contributed by atoms with Crippen molar-refractivity contribution in [3.8, 4) is 0 Å². The van der Waals surface area contributed by atoms with Crippen molar-refractivity contribution in [3.63, 3.8) is 0 Å². The lowest BCUT2D eigenvalue weighted by Gasteiger charge is -2.20. The van der Waals surface area contributed by atoms with Gasteiger partial charge in [0.15, 0.2) is 11.6 Å². The quantitative estimate of drug-likeness (QED) is 0.279. The normalized spacial score (nSPS) is 12.0. The van der Waals surface area contributed by atoms with E-state index in [0.29, 0.717) is 11.1 Å². The number of carbonyl (C=O) groups is 2. The Morgan fingerprint density at radius 1 is 0.727 bits per heavy atom. The maximum Gasteiger partial charge on any atom is 0.631 e. The van der Waals surface area contributed by atoms with Gasteiger partial charge >= 0.3 is 7.32 Å². The van der Waals surface area contributed by atoms with Gasteiger partial charge in [-0.2, -0.15) is 0 Å². The summed E-state index contributed by atoms with van der Waals surface area (Å²) in [5.41, 5.74) is 13.4. The predicted molar refractivity (Wildman–Crippen MR) is 81.0 cm³/mol. The van der Waals surface area contributed by atoms with Crippen LogP contribution in [0.4, 0.5) is 11.4 Å². The van der Waals surface area contributed by atoms with E-state index in [1.807, 2.05) is 0 Å². The summed E-state index contributed by atoms with van der Waals surface area (Å²) in [6, 6.07) is 9.79. The molecule has 2 aromatic rings. The molecule has 7 nitrogen and oxygen atoms in total. The number of nitrogen functional groups attached to an aromatic ring is 2. The van der Waals surface area contributed by atoms with Crippen molar-refractivity contribution >= 4 is 30.3 Å². The molecule has 0 unspecified atom stereocenters. The van der Waals surface area contributed by atoms with Crippen molar-refractivity contribution in [2.45, 2.75) is 0 Å². The Balaban J connectivity index is 0.000000396. The monoisotopic (exact) mass is 300 g/mol. The molecular weight excluding hydrogens is 287 g/mol. The Labute approximate surface area is 126 Å². The molecule has 0 radical (unpaired) electrons. The molecule has 1 aliphatic rings. The minimum Gasteiger partial charge on any atom is -0.402 e. The van der Waals surface area contributed by atoms with Crippen LogP contribution in [0.3, 0.4) is 0 Å². The summed E-state index contributed by atoms with van der Waals surface area (Å²) >= 11 is 0. The third kappa shape index (κ3) is 2.70. The summed E-state index contributed by atoms with van der Waals surface area (Å²) < 4.78 is 0.